The van der Waals surface area contributed by atoms with E-state index in [4.69, 9.17) is 16.6 Å². The molecule has 4 nitrogen and oxygen atoms in total. The number of hydrogen-bond acceptors (Lipinski definition) is 2. The molecule has 0 radical (unpaired) electrons. The minimum Gasteiger partial charge on any atom is -0.335 e. The van der Waals surface area contributed by atoms with E-state index in [0.717, 1.165) is 24.3 Å². The lowest BCUT2D eigenvalue weighted by molar-refractivity contribution is 0.461. The Morgan fingerprint density at radius 1 is 1.30 bits per heavy atom. The SMILES string of the molecule is CC(Cn1ccnc1)n1c(CCCl)nc2ccccc21. The molecule has 0 amide bonds. The van der Waals surface area contributed by atoms with Crippen LogP contribution < -0.4 is 0 Å². The highest BCUT2D eigenvalue weighted by Crippen LogP contribution is 2.22. The number of aromatic nitrogens is 4. The zero-order chi connectivity index (χ0) is 13.9. The highest BCUT2D eigenvalue weighted by Gasteiger charge is 2.15. The summed E-state index contributed by atoms with van der Waals surface area (Å²) in [5.41, 5.74) is 2.20. The first-order valence-corrected chi connectivity index (χ1v) is 7.30. The monoisotopic (exact) mass is 288 g/mol. The molecule has 0 aliphatic rings. The Balaban J connectivity index is 2.01. The highest BCUT2D eigenvalue weighted by molar-refractivity contribution is 6.17. The number of alkyl halides is 1. The third kappa shape index (κ3) is 2.43. The molecule has 0 saturated carbocycles. The van der Waals surface area contributed by atoms with Gasteiger partial charge < -0.3 is 9.13 Å². The predicted molar refractivity (Wildman–Crippen MR) is 81.1 cm³/mol. The number of aryl methyl sites for hydroxylation is 1. The van der Waals surface area contributed by atoms with Crippen LogP contribution in [0.15, 0.2) is 43.0 Å². The van der Waals surface area contributed by atoms with E-state index < -0.39 is 0 Å². The third-order valence-corrected chi connectivity index (χ3v) is 3.65. The number of hydrogen-bond donors (Lipinski definition) is 0. The third-order valence-electron chi connectivity index (χ3n) is 3.46. The van der Waals surface area contributed by atoms with E-state index in [1.165, 1.54) is 5.52 Å². The van der Waals surface area contributed by atoms with Gasteiger partial charge in [-0.15, -0.1) is 11.6 Å². The molecule has 0 aliphatic heterocycles. The molecule has 1 atom stereocenters. The molecule has 0 saturated heterocycles. The van der Waals surface area contributed by atoms with E-state index >= 15 is 0 Å². The average molecular weight is 289 g/mol. The number of fused-ring (bicyclic) bond motifs is 1. The van der Waals surface area contributed by atoms with Crippen LogP contribution in [0.25, 0.3) is 11.0 Å². The summed E-state index contributed by atoms with van der Waals surface area (Å²) >= 11 is 5.91. The van der Waals surface area contributed by atoms with Gasteiger partial charge in [0.05, 0.1) is 23.4 Å². The first-order chi connectivity index (χ1) is 9.79. The highest BCUT2D eigenvalue weighted by atomic mass is 35.5. The maximum atomic E-state index is 5.91. The fourth-order valence-electron chi connectivity index (χ4n) is 2.63. The van der Waals surface area contributed by atoms with Gasteiger partial charge in [0.1, 0.15) is 5.82 Å². The lowest BCUT2D eigenvalue weighted by atomic mass is 10.2. The van der Waals surface area contributed by atoms with E-state index in [9.17, 15) is 0 Å². The van der Waals surface area contributed by atoms with Crippen molar-refractivity contribution < 1.29 is 0 Å². The van der Waals surface area contributed by atoms with Crippen molar-refractivity contribution in [3.8, 4) is 0 Å². The molecule has 0 N–H and O–H groups in total. The maximum Gasteiger partial charge on any atom is 0.111 e. The zero-order valence-corrected chi connectivity index (χ0v) is 12.2. The van der Waals surface area contributed by atoms with Crippen LogP contribution in [0.3, 0.4) is 0 Å². The van der Waals surface area contributed by atoms with Crippen LogP contribution in [-0.2, 0) is 13.0 Å². The summed E-state index contributed by atoms with van der Waals surface area (Å²) in [6, 6.07) is 8.53. The van der Waals surface area contributed by atoms with Crippen molar-refractivity contribution in [2.24, 2.45) is 0 Å². The second kappa shape index (κ2) is 5.67. The van der Waals surface area contributed by atoms with Gasteiger partial charge in [-0.05, 0) is 19.1 Å². The molecule has 20 heavy (non-hydrogen) atoms. The van der Waals surface area contributed by atoms with Crippen LogP contribution in [0.4, 0.5) is 0 Å². The van der Waals surface area contributed by atoms with Crippen molar-refractivity contribution >= 4 is 22.6 Å². The summed E-state index contributed by atoms with van der Waals surface area (Å²) in [4.78, 5) is 8.80. The summed E-state index contributed by atoms with van der Waals surface area (Å²) < 4.78 is 4.38. The Kier molecular flexibility index (Phi) is 3.74. The molecule has 3 rings (SSSR count). The number of imidazole rings is 2. The van der Waals surface area contributed by atoms with Crippen LogP contribution in [0.2, 0.25) is 0 Å². The van der Waals surface area contributed by atoms with E-state index in [2.05, 4.69) is 33.2 Å². The first kappa shape index (κ1) is 13.2. The first-order valence-electron chi connectivity index (χ1n) is 6.77. The average Bonchev–Trinajstić information content (AvgIpc) is 3.05. The Morgan fingerprint density at radius 3 is 2.90 bits per heavy atom. The molecular formula is C15H17ClN4. The molecule has 104 valence electrons. The summed E-state index contributed by atoms with van der Waals surface area (Å²) in [7, 11) is 0. The van der Waals surface area contributed by atoms with Gasteiger partial charge in [-0.2, -0.15) is 0 Å². The second-order valence-corrected chi connectivity index (χ2v) is 5.31. The van der Waals surface area contributed by atoms with E-state index in [-0.39, 0.29) is 0 Å². The number of para-hydroxylation sites is 2. The summed E-state index contributed by atoms with van der Waals surface area (Å²) in [6.45, 7) is 3.07. The Labute approximate surface area is 123 Å². The van der Waals surface area contributed by atoms with Crippen LogP contribution in [-0.4, -0.2) is 25.0 Å². The van der Waals surface area contributed by atoms with Gasteiger partial charge in [-0.3, -0.25) is 0 Å². The van der Waals surface area contributed by atoms with Crippen LogP contribution in [0, 0.1) is 0 Å². The van der Waals surface area contributed by atoms with E-state index in [1.54, 1.807) is 6.20 Å². The van der Waals surface area contributed by atoms with Crippen molar-refractivity contribution in [1.82, 2.24) is 19.1 Å². The fourth-order valence-corrected chi connectivity index (χ4v) is 2.80. The lowest BCUT2D eigenvalue weighted by Crippen LogP contribution is -2.15. The van der Waals surface area contributed by atoms with Gasteiger partial charge in [-0.25, -0.2) is 9.97 Å². The standard InChI is InChI=1S/C15H17ClN4/c1-12(10-19-9-8-17-11-19)20-14-5-3-2-4-13(14)18-15(20)6-7-16/h2-5,8-9,11-12H,6-7,10H2,1H3. The van der Waals surface area contributed by atoms with Crippen molar-refractivity contribution in [3.63, 3.8) is 0 Å². The number of rotatable bonds is 5. The largest absolute Gasteiger partial charge is 0.335 e. The lowest BCUT2D eigenvalue weighted by Gasteiger charge is -2.18. The number of halogens is 1. The molecule has 0 bridgehead atoms. The molecule has 5 heteroatoms. The summed E-state index contributed by atoms with van der Waals surface area (Å²) in [5, 5.41) is 0. The van der Waals surface area contributed by atoms with Gasteiger partial charge in [0.2, 0.25) is 0 Å². The fraction of sp³-hybridized carbons (Fsp3) is 0.333. The van der Waals surface area contributed by atoms with Gasteiger partial charge in [-0.1, -0.05) is 12.1 Å². The van der Waals surface area contributed by atoms with Gasteiger partial charge >= 0.3 is 0 Å². The predicted octanol–water partition coefficient (Wildman–Crippen LogP) is 3.28. The van der Waals surface area contributed by atoms with Crippen LogP contribution >= 0.6 is 11.6 Å². The van der Waals surface area contributed by atoms with Gasteiger partial charge in [0.25, 0.3) is 0 Å². The zero-order valence-electron chi connectivity index (χ0n) is 11.4. The van der Waals surface area contributed by atoms with Crippen molar-refractivity contribution in [1.29, 1.82) is 0 Å². The Bertz CT molecular complexity index is 687. The quantitative estimate of drug-likeness (QED) is 0.676. The summed E-state index contributed by atoms with van der Waals surface area (Å²) in [6.07, 6.45) is 6.41. The Hall–Kier alpha value is -1.81. The topological polar surface area (TPSA) is 35.6 Å². The van der Waals surface area contributed by atoms with Crippen molar-refractivity contribution in [3.05, 3.63) is 48.8 Å². The Morgan fingerprint density at radius 2 is 2.15 bits per heavy atom. The molecule has 1 unspecified atom stereocenters. The smallest absolute Gasteiger partial charge is 0.111 e. The van der Waals surface area contributed by atoms with Gasteiger partial charge in [0, 0.05) is 31.2 Å². The molecule has 2 aromatic heterocycles. The van der Waals surface area contributed by atoms with E-state index in [0.29, 0.717) is 11.9 Å². The molecule has 0 spiro atoms. The van der Waals surface area contributed by atoms with Crippen LogP contribution in [0.1, 0.15) is 18.8 Å². The maximum absolute atomic E-state index is 5.91. The minimum atomic E-state index is 0.301. The molecule has 3 aromatic rings. The molecule has 2 heterocycles. The van der Waals surface area contributed by atoms with Crippen molar-refractivity contribution in [2.45, 2.75) is 25.9 Å². The van der Waals surface area contributed by atoms with Crippen molar-refractivity contribution in [2.75, 3.05) is 5.88 Å². The molecule has 0 aliphatic carbocycles. The molecule has 0 fully saturated rings. The molecule has 1 aromatic carbocycles. The van der Waals surface area contributed by atoms with Gasteiger partial charge in [0.15, 0.2) is 0 Å². The number of nitrogens with zero attached hydrogens (tertiary/aromatic N) is 4. The van der Waals surface area contributed by atoms with Crippen LogP contribution in [0.5, 0.6) is 0 Å². The van der Waals surface area contributed by atoms with E-state index in [1.807, 2.05) is 24.7 Å². The minimum absolute atomic E-state index is 0.301. The number of benzene rings is 1. The summed E-state index contributed by atoms with van der Waals surface area (Å²) in [5.74, 6) is 1.63. The second-order valence-electron chi connectivity index (χ2n) is 4.93. The normalized spacial score (nSPS) is 12.9. The molecular weight excluding hydrogens is 272 g/mol.